The summed E-state index contributed by atoms with van der Waals surface area (Å²) in [7, 11) is -4.26. The van der Waals surface area contributed by atoms with Crippen LogP contribution in [0.15, 0.2) is 51.8 Å². The van der Waals surface area contributed by atoms with E-state index in [1.165, 1.54) is 4.90 Å². The maximum atomic E-state index is 14.0. The lowest BCUT2D eigenvalue weighted by Gasteiger charge is -2.29. The summed E-state index contributed by atoms with van der Waals surface area (Å²) in [5, 5.41) is 10.2. The number of hydrogen-bond donors (Lipinski definition) is 1. The van der Waals surface area contributed by atoms with Crippen LogP contribution in [0.3, 0.4) is 0 Å². The van der Waals surface area contributed by atoms with Gasteiger partial charge in [0.05, 0.1) is 26.7 Å². The standard InChI is InChI=1S/C27H24BrClF3N3O6S/c28-17-3-1-2-16(10-17)26(8-9-26)23(36)35-13-19(12-22(35)41-24(37)34-25(14-33)6-7-25)42(38,39)21-5-4-18(11-20(21)29)40-15-27(30,31)32/h1-5,10-11,19,22H,6-9,12-13,15H2,(H,34,37)/t19-,22+/m1/s1. The molecule has 5 rings (SSSR count). The Morgan fingerprint density at radius 2 is 1.88 bits per heavy atom. The fraction of sp³-hybridized carbons (Fsp3) is 0.444. The molecule has 0 spiro atoms. The highest BCUT2D eigenvalue weighted by molar-refractivity contribution is 9.10. The van der Waals surface area contributed by atoms with E-state index in [2.05, 4.69) is 26.0 Å². The Balaban J connectivity index is 1.41. The molecule has 0 bridgehead atoms. The monoisotopic (exact) mass is 689 g/mol. The number of alkyl carbamates (subject to hydrolysis) is 1. The number of benzene rings is 2. The lowest BCUT2D eigenvalue weighted by atomic mass is 9.94. The van der Waals surface area contributed by atoms with Crippen molar-refractivity contribution in [3.05, 3.63) is 57.5 Å². The summed E-state index contributed by atoms with van der Waals surface area (Å²) in [4.78, 5) is 27.6. The molecule has 3 fully saturated rings. The van der Waals surface area contributed by atoms with Crippen LogP contribution in [0.2, 0.25) is 5.02 Å². The fourth-order valence-electron chi connectivity index (χ4n) is 5.01. The molecule has 0 aromatic heterocycles. The van der Waals surface area contributed by atoms with Crippen LogP contribution < -0.4 is 10.1 Å². The maximum absolute atomic E-state index is 14.0. The average Bonchev–Trinajstić information content (AvgIpc) is 3.84. The van der Waals surface area contributed by atoms with E-state index in [1.807, 2.05) is 18.2 Å². The molecule has 2 aromatic rings. The van der Waals surface area contributed by atoms with E-state index in [-0.39, 0.29) is 28.6 Å². The van der Waals surface area contributed by atoms with Gasteiger partial charge in [0.15, 0.2) is 22.7 Å². The van der Waals surface area contributed by atoms with Crippen LogP contribution >= 0.6 is 27.5 Å². The first-order valence-corrected chi connectivity index (χ1v) is 15.6. The van der Waals surface area contributed by atoms with Gasteiger partial charge in [-0.2, -0.15) is 18.4 Å². The summed E-state index contributed by atoms with van der Waals surface area (Å²) in [5.41, 5.74) is -1.23. The Morgan fingerprint density at radius 3 is 2.45 bits per heavy atom. The van der Waals surface area contributed by atoms with Gasteiger partial charge >= 0.3 is 12.3 Å². The number of nitrogens with one attached hydrogen (secondary N) is 1. The van der Waals surface area contributed by atoms with Crippen molar-refractivity contribution < 1.29 is 40.7 Å². The second kappa shape index (κ2) is 10.9. The molecule has 224 valence electrons. The number of alkyl halides is 3. The van der Waals surface area contributed by atoms with Crippen molar-refractivity contribution in [2.75, 3.05) is 13.2 Å². The van der Waals surface area contributed by atoms with Crippen molar-refractivity contribution in [1.82, 2.24) is 10.2 Å². The Bertz CT molecular complexity index is 1570. The first-order valence-electron chi connectivity index (χ1n) is 12.9. The van der Waals surface area contributed by atoms with Gasteiger partial charge in [0.1, 0.15) is 11.3 Å². The Morgan fingerprint density at radius 1 is 1.17 bits per heavy atom. The highest BCUT2D eigenvalue weighted by Gasteiger charge is 2.57. The van der Waals surface area contributed by atoms with Gasteiger partial charge in [-0.25, -0.2) is 13.2 Å². The average molecular weight is 691 g/mol. The number of amides is 2. The normalized spacial score (nSPS) is 22.1. The van der Waals surface area contributed by atoms with E-state index in [4.69, 9.17) is 16.3 Å². The number of halogens is 5. The molecule has 2 aliphatic carbocycles. The van der Waals surface area contributed by atoms with Gasteiger partial charge in [-0.3, -0.25) is 4.79 Å². The van der Waals surface area contributed by atoms with E-state index in [1.54, 1.807) is 12.1 Å². The van der Waals surface area contributed by atoms with E-state index in [0.717, 1.165) is 28.2 Å². The summed E-state index contributed by atoms with van der Waals surface area (Å²) < 4.78 is 76.0. The Kier molecular flexibility index (Phi) is 7.91. The van der Waals surface area contributed by atoms with Crippen molar-refractivity contribution in [3.8, 4) is 11.8 Å². The molecule has 0 radical (unpaired) electrons. The third kappa shape index (κ3) is 6.18. The molecule has 1 N–H and O–H groups in total. The summed E-state index contributed by atoms with van der Waals surface area (Å²) in [6, 6.07) is 12.3. The van der Waals surface area contributed by atoms with Gasteiger partial charge in [0.2, 0.25) is 5.91 Å². The van der Waals surface area contributed by atoms with Crippen molar-refractivity contribution in [2.45, 2.75) is 65.6 Å². The number of carbonyl (C=O) groups is 2. The zero-order chi connectivity index (χ0) is 30.5. The smallest absolute Gasteiger partial charge is 0.422 e. The molecule has 3 aliphatic rings. The van der Waals surface area contributed by atoms with Gasteiger partial charge in [0.25, 0.3) is 0 Å². The predicted molar refractivity (Wildman–Crippen MR) is 146 cm³/mol. The van der Waals surface area contributed by atoms with Crippen LogP contribution in [0.25, 0.3) is 0 Å². The number of ether oxygens (including phenoxy) is 2. The number of hydrogen-bond acceptors (Lipinski definition) is 7. The Hall–Kier alpha value is -3.02. The van der Waals surface area contributed by atoms with Gasteiger partial charge in [-0.05, 0) is 55.5 Å². The second-order valence-corrected chi connectivity index (χ2v) is 14.1. The van der Waals surface area contributed by atoms with Gasteiger partial charge in [-0.15, -0.1) is 0 Å². The number of rotatable bonds is 8. The molecule has 9 nitrogen and oxygen atoms in total. The zero-order valence-electron chi connectivity index (χ0n) is 21.8. The molecule has 1 saturated heterocycles. The highest BCUT2D eigenvalue weighted by atomic mass is 79.9. The lowest BCUT2D eigenvalue weighted by molar-refractivity contribution is -0.153. The molecular formula is C27H24BrClF3N3O6S. The van der Waals surface area contributed by atoms with Crippen LogP contribution in [0.4, 0.5) is 18.0 Å². The molecule has 1 heterocycles. The molecule has 2 amide bonds. The highest BCUT2D eigenvalue weighted by Crippen LogP contribution is 2.51. The van der Waals surface area contributed by atoms with Gasteiger partial charge in [-0.1, -0.05) is 39.7 Å². The molecule has 2 aromatic carbocycles. The SMILES string of the molecule is N#CC1(NC(=O)O[C@H]2C[C@@H](S(=O)(=O)c3ccc(OCC(F)(F)F)cc3Cl)CN2C(=O)C2(c3cccc(Br)c3)CC2)CC1. The molecule has 2 saturated carbocycles. The van der Waals surface area contributed by atoms with Crippen molar-refractivity contribution in [2.24, 2.45) is 0 Å². The lowest BCUT2D eigenvalue weighted by Crippen LogP contribution is -2.46. The fourth-order valence-corrected chi connectivity index (χ4v) is 7.63. The number of nitrogens with zero attached hydrogens (tertiary/aromatic N) is 2. The van der Waals surface area contributed by atoms with Gasteiger partial charge < -0.3 is 19.7 Å². The van der Waals surface area contributed by atoms with Crippen LogP contribution in [-0.2, 0) is 24.8 Å². The minimum absolute atomic E-state index is 0.270. The number of nitriles is 1. The third-order valence-electron chi connectivity index (χ3n) is 7.61. The second-order valence-electron chi connectivity index (χ2n) is 10.6. The van der Waals surface area contributed by atoms with Crippen LogP contribution in [0.5, 0.6) is 5.75 Å². The number of likely N-dealkylation sites (tertiary alicyclic amines) is 1. The summed E-state index contributed by atoms with van der Waals surface area (Å²) in [6.45, 7) is -1.90. The van der Waals surface area contributed by atoms with E-state index >= 15 is 0 Å². The van der Waals surface area contributed by atoms with Crippen molar-refractivity contribution in [3.63, 3.8) is 0 Å². The summed E-state index contributed by atoms with van der Waals surface area (Å²) in [5.74, 6) is -0.673. The third-order valence-corrected chi connectivity index (χ3v) is 10.7. The number of sulfone groups is 1. The molecule has 0 unspecified atom stereocenters. The van der Waals surface area contributed by atoms with Crippen molar-refractivity contribution >= 4 is 49.4 Å². The maximum Gasteiger partial charge on any atom is 0.422 e. The molecular weight excluding hydrogens is 667 g/mol. The molecule has 2 atom stereocenters. The quantitative estimate of drug-likeness (QED) is 0.401. The van der Waals surface area contributed by atoms with Gasteiger partial charge in [0, 0.05) is 23.5 Å². The van der Waals surface area contributed by atoms with E-state index in [0.29, 0.717) is 25.7 Å². The minimum Gasteiger partial charge on any atom is -0.484 e. The zero-order valence-corrected chi connectivity index (χ0v) is 24.9. The first kappa shape index (κ1) is 30.4. The topological polar surface area (TPSA) is 126 Å². The predicted octanol–water partition coefficient (Wildman–Crippen LogP) is 5.26. The van der Waals surface area contributed by atoms with Crippen molar-refractivity contribution in [1.29, 1.82) is 5.26 Å². The minimum atomic E-state index is -4.60. The van der Waals surface area contributed by atoms with Crippen LogP contribution in [0.1, 0.15) is 37.7 Å². The van der Waals surface area contributed by atoms with Crippen LogP contribution in [-0.4, -0.2) is 61.7 Å². The molecule has 15 heteroatoms. The van der Waals surface area contributed by atoms with E-state index < -0.39 is 57.1 Å². The molecule has 42 heavy (non-hydrogen) atoms. The van der Waals surface area contributed by atoms with E-state index in [9.17, 15) is 36.4 Å². The Labute approximate surface area is 252 Å². The summed E-state index contributed by atoms with van der Waals surface area (Å²) >= 11 is 9.59. The van der Waals surface area contributed by atoms with Crippen LogP contribution in [0, 0.1) is 11.3 Å². The number of carbonyl (C=O) groups excluding carboxylic acids is 2. The first-order chi connectivity index (χ1) is 19.7. The largest absolute Gasteiger partial charge is 0.484 e. The molecule has 1 aliphatic heterocycles. The summed E-state index contributed by atoms with van der Waals surface area (Å²) in [6.07, 6.45) is -5.18.